The second-order valence-corrected chi connectivity index (χ2v) is 4.12. The molecule has 1 aromatic heterocycles. The van der Waals surface area contributed by atoms with Gasteiger partial charge >= 0.3 is 0 Å². The van der Waals surface area contributed by atoms with E-state index in [2.05, 4.69) is 6.92 Å². The molecule has 90 valence electrons. The zero-order chi connectivity index (χ0) is 12.1. The average Bonchev–Trinajstić information content (AvgIpc) is 2.64. The number of carbonyl (C=O) groups excluding carboxylic acids is 1. The number of hydrogen-bond donors (Lipinski definition) is 1. The highest BCUT2D eigenvalue weighted by atomic mass is 16.3. The molecule has 1 atom stereocenters. The molecule has 1 amide bonds. The van der Waals surface area contributed by atoms with Crippen LogP contribution in [0.25, 0.3) is 0 Å². The molecule has 0 aliphatic heterocycles. The van der Waals surface area contributed by atoms with Crippen LogP contribution in [-0.4, -0.2) is 40.2 Å². The van der Waals surface area contributed by atoms with Gasteiger partial charge in [-0.05, 0) is 25.5 Å². The quantitative estimate of drug-likeness (QED) is 0.820. The van der Waals surface area contributed by atoms with Gasteiger partial charge in [-0.3, -0.25) is 4.79 Å². The third kappa shape index (κ3) is 3.10. The van der Waals surface area contributed by atoms with Gasteiger partial charge < -0.3 is 14.6 Å². The number of carbonyl (C=O) groups is 1. The van der Waals surface area contributed by atoms with Gasteiger partial charge in [0, 0.05) is 26.3 Å². The number of aryl methyl sites for hydroxylation is 1. The molecule has 0 aromatic carbocycles. The Morgan fingerprint density at radius 1 is 1.62 bits per heavy atom. The normalized spacial score (nSPS) is 12.5. The Labute approximate surface area is 96.5 Å². The van der Waals surface area contributed by atoms with E-state index in [1.807, 2.05) is 22.9 Å². The molecule has 16 heavy (non-hydrogen) atoms. The van der Waals surface area contributed by atoms with Crippen LogP contribution in [0.3, 0.4) is 0 Å². The van der Waals surface area contributed by atoms with Crippen molar-refractivity contribution in [1.29, 1.82) is 0 Å². The lowest BCUT2D eigenvalue weighted by Crippen LogP contribution is -2.34. The van der Waals surface area contributed by atoms with Gasteiger partial charge in [0.1, 0.15) is 5.69 Å². The van der Waals surface area contributed by atoms with Crippen LogP contribution in [0.1, 0.15) is 30.8 Å². The van der Waals surface area contributed by atoms with E-state index in [-0.39, 0.29) is 5.91 Å². The number of amides is 1. The van der Waals surface area contributed by atoms with Gasteiger partial charge in [-0.1, -0.05) is 6.92 Å². The summed E-state index contributed by atoms with van der Waals surface area (Å²) in [6.07, 6.45) is 2.41. The van der Waals surface area contributed by atoms with Crippen molar-refractivity contribution in [3.8, 4) is 0 Å². The molecule has 0 fully saturated rings. The van der Waals surface area contributed by atoms with E-state index in [1.165, 1.54) is 0 Å². The number of aliphatic hydroxyl groups excluding tert-OH is 1. The third-order valence-corrected chi connectivity index (χ3v) is 2.40. The molecular formula is C12H20N2O2. The van der Waals surface area contributed by atoms with Crippen LogP contribution in [-0.2, 0) is 6.54 Å². The van der Waals surface area contributed by atoms with Gasteiger partial charge in [-0.15, -0.1) is 0 Å². The first-order valence-electron chi connectivity index (χ1n) is 5.65. The van der Waals surface area contributed by atoms with Crippen LogP contribution in [0.15, 0.2) is 18.3 Å². The van der Waals surface area contributed by atoms with E-state index in [9.17, 15) is 9.90 Å². The summed E-state index contributed by atoms with van der Waals surface area (Å²) in [5.74, 6) is -0.0423. The van der Waals surface area contributed by atoms with Crippen molar-refractivity contribution in [1.82, 2.24) is 9.47 Å². The molecule has 4 heteroatoms. The summed E-state index contributed by atoms with van der Waals surface area (Å²) in [7, 11) is 1.71. The van der Waals surface area contributed by atoms with Gasteiger partial charge in [-0.2, -0.15) is 0 Å². The molecule has 0 saturated carbocycles. The first-order valence-corrected chi connectivity index (χ1v) is 5.65. The second kappa shape index (κ2) is 5.70. The molecular weight excluding hydrogens is 204 g/mol. The SMILES string of the molecule is CCCn1cccc1C(=O)N(C)CC(C)O. The van der Waals surface area contributed by atoms with Crippen LogP contribution in [0, 0.1) is 0 Å². The molecule has 1 N–H and O–H groups in total. The molecule has 0 bridgehead atoms. The Bertz CT molecular complexity index is 345. The summed E-state index contributed by atoms with van der Waals surface area (Å²) >= 11 is 0. The smallest absolute Gasteiger partial charge is 0.270 e. The minimum absolute atomic E-state index is 0.0423. The standard InChI is InChI=1S/C12H20N2O2/c1-4-7-14-8-5-6-11(14)12(16)13(3)9-10(2)15/h5-6,8,10,15H,4,7,9H2,1-3H3. The Morgan fingerprint density at radius 2 is 2.31 bits per heavy atom. The second-order valence-electron chi connectivity index (χ2n) is 4.12. The largest absolute Gasteiger partial charge is 0.392 e. The van der Waals surface area contributed by atoms with Crippen molar-refractivity contribution in [3.63, 3.8) is 0 Å². The van der Waals surface area contributed by atoms with Crippen molar-refractivity contribution in [2.24, 2.45) is 0 Å². The molecule has 1 aromatic rings. The maximum atomic E-state index is 12.0. The van der Waals surface area contributed by atoms with Crippen LogP contribution < -0.4 is 0 Å². The first-order chi connectivity index (χ1) is 7.56. The lowest BCUT2D eigenvalue weighted by molar-refractivity contribution is 0.0693. The van der Waals surface area contributed by atoms with E-state index in [1.54, 1.807) is 18.9 Å². The summed E-state index contributed by atoms with van der Waals surface area (Å²) in [5, 5.41) is 9.24. The predicted molar refractivity (Wildman–Crippen MR) is 63.4 cm³/mol. The van der Waals surface area contributed by atoms with Crippen LogP contribution in [0.4, 0.5) is 0 Å². The van der Waals surface area contributed by atoms with E-state index in [0.29, 0.717) is 12.2 Å². The van der Waals surface area contributed by atoms with Crippen LogP contribution in [0.5, 0.6) is 0 Å². The Hall–Kier alpha value is -1.29. The van der Waals surface area contributed by atoms with E-state index in [4.69, 9.17) is 0 Å². The maximum Gasteiger partial charge on any atom is 0.270 e. The number of hydrogen-bond acceptors (Lipinski definition) is 2. The number of likely N-dealkylation sites (N-methyl/N-ethyl adjacent to an activating group) is 1. The predicted octanol–water partition coefficient (Wildman–Crippen LogP) is 1.35. The minimum atomic E-state index is -0.497. The molecule has 4 nitrogen and oxygen atoms in total. The Morgan fingerprint density at radius 3 is 2.88 bits per heavy atom. The average molecular weight is 224 g/mol. The zero-order valence-corrected chi connectivity index (χ0v) is 10.2. The Kier molecular flexibility index (Phi) is 4.55. The van der Waals surface area contributed by atoms with E-state index in [0.717, 1.165) is 13.0 Å². The van der Waals surface area contributed by atoms with Gasteiger partial charge in [0.2, 0.25) is 0 Å². The summed E-state index contributed by atoms with van der Waals surface area (Å²) < 4.78 is 1.95. The molecule has 0 spiro atoms. The van der Waals surface area contributed by atoms with E-state index < -0.39 is 6.10 Å². The summed E-state index contributed by atoms with van der Waals surface area (Å²) in [6, 6.07) is 3.69. The summed E-state index contributed by atoms with van der Waals surface area (Å²) in [5.41, 5.74) is 0.685. The lowest BCUT2D eigenvalue weighted by Gasteiger charge is -2.19. The number of nitrogens with zero attached hydrogens (tertiary/aromatic N) is 2. The van der Waals surface area contributed by atoms with Gasteiger partial charge in [0.25, 0.3) is 5.91 Å². The molecule has 0 aliphatic carbocycles. The summed E-state index contributed by atoms with van der Waals surface area (Å²) in [6.45, 7) is 4.95. The van der Waals surface area contributed by atoms with Gasteiger partial charge in [-0.25, -0.2) is 0 Å². The molecule has 1 rings (SSSR count). The van der Waals surface area contributed by atoms with Crippen molar-refractivity contribution in [2.45, 2.75) is 32.9 Å². The molecule has 0 aliphatic rings. The van der Waals surface area contributed by atoms with Gasteiger partial charge in [0.05, 0.1) is 6.10 Å². The Balaban J connectivity index is 2.75. The van der Waals surface area contributed by atoms with Crippen molar-refractivity contribution >= 4 is 5.91 Å². The first kappa shape index (κ1) is 12.8. The van der Waals surface area contributed by atoms with Crippen LogP contribution >= 0.6 is 0 Å². The fourth-order valence-corrected chi connectivity index (χ4v) is 1.72. The van der Waals surface area contributed by atoms with Crippen molar-refractivity contribution in [3.05, 3.63) is 24.0 Å². The highest BCUT2D eigenvalue weighted by molar-refractivity contribution is 5.92. The monoisotopic (exact) mass is 224 g/mol. The molecule has 1 heterocycles. The summed E-state index contributed by atoms with van der Waals surface area (Å²) in [4.78, 5) is 13.6. The van der Waals surface area contributed by atoms with Gasteiger partial charge in [0.15, 0.2) is 0 Å². The zero-order valence-electron chi connectivity index (χ0n) is 10.2. The topological polar surface area (TPSA) is 45.5 Å². The fraction of sp³-hybridized carbons (Fsp3) is 0.583. The number of aliphatic hydroxyl groups is 1. The fourth-order valence-electron chi connectivity index (χ4n) is 1.72. The number of rotatable bonds is 5. The van der Waals surface area contributed by atoms with Crippen molar-refractivity contribution in [2.75, 3.05) is 13.6 Å². The highest BCUT2D eigenvalue weighted by Gasteiger charge is 2.16. The van der Waals surface area contributed by atoms with Crippen molar-refractivity contribution < 1.29 is 9.90 Å². The lowest BCUT2D eigenvalue weighted by atomic mass is 10.3. The molecule has 0 saturated heterocycles. The van der Waals surface area contributed by atoms with Crippen LogP contribution in [0.2, 0.25) is 0 Å². The molecule has 1 unspecified atom stereocenters. The van der Waals surface area contributed by atoms with E-state index >= 15 is 0 Å². The minimum Gasteiger partial charge on any atom is -0.392 e. The highest BCUT2D eigenvalue weighted by Crippen LogP contribution is 2.07. The maximum absolute atomic E-state index is 12.0. The number of aromatic nitrogens is 1. The molecule has 0 radical (unpaired) electrons. The third-order valence-electron chi connectivity index (χ3n) is 2.40.